The highest BCUT2D eigenvalue weighted by Crippen LogP contribution is 2.41. The molecule has 0 amide bonds. The van der Waals surface area contributed by atoms with E-state index in [1.165, 1.54) is 76.5 Å². The molecule has 0 heterocycles. The van der Waals surface area contributed by atoms with E-state index in [9.17, 15) is 10.2 Å². The molecule has 9 aromatic carbocycles. The summed E-state index contributed by atoms with van der Waals surface area (Å²) in [5.74, 6) is 1.59. The Labute approximate surface area is 365 Å². The summed E-state index contributed by atoms with van der Waals surface area (Å²) in [4.78, 5) is 0. The van der Waals surface area contributed by atoms with Crippen molar-refractivity contribution in [2.24, 2.45) is 0 Å². The first-order valence-electron chi connectivity index (χ1n) is 21.8. The van der Waals surface area contributed by atoms with Crippen LogP contribution in [0.25, 0.3) is 43.1 Å². The Morgan fingerprint density at radius 2 is 0.710 bits per heavy atom. The fourth-order valence-electron chi connectivity index (χ4n) is 9.41. The number of ether oxygens (including phenoxy) is 2. The van der Waals surface area contributed by atoms with Crippen LogP contribution >= 0.6 is 0 Å². The number of fused-ring (bicyclic) bond motifs is 4. The fraction of sp³-hybridized carbons (Fsp3) is 0.207. The van der Waals surface area contributed by atoms with Crippen LogP contribution in [0.15, 0.2) is 170 Å². The second-order valence-corrected chi connectivity index (χ2v) is 17.6. The highest BCUT2D eigenvalue weighted by atomic mass is 16.5. The zero-order chi connectivity index (χ0) is 42.8. The number of aliphatic hydroxyl groups excluding tert-OH is 2. The molecule has 0 spiro atoms. The van der Waals surface area contributed by atoms with Crippen molar-refractivity contribution in [3.05, 3.63) is 214 Å². The van der Waals surface area contributed by atoms with Gasteiger partial charge < -0.3 is 19.7 Å². The second kappa shape index (κ2) is 17.1. The summed E-state index contributed by atoms with van der Waals surface area (Å²) in [7, 11) is 0. The van der Waals surface area contributed by atoms with Gasteiger partial charge in [0.15, 0.2) is 0 Å². The van der Waals surface area contributed by atoms with E-state index < -0.39 is 0 Å². The van der Waals surface area contributed by atoms with E-state index in [-0.39, 0.29) is 37.3 Å². The molecule has 0 unspecified atom stereocenters. The van der Waals surface area contributed by atoms with Gasteiger partial charge in [-0.25, -0.2) is 0 Å². The standard InChI is InChI=1S/C58H54O4/c1-57(2,47-24-26-55(61-30-28-59)43(34-47)36-53-49-20-9-5-14-39(49)32-40-15-6-10-21-50(40)53)45-18-13-19-46(38-45)58(3,4)48-25-27-56(62-31-29-60)44(35-48)37-54-51-22-11-7-16-41(51)33-42-17-8-12-23-52(42)54/h5-27,32-35,38,59-60H,28-31,36-37H2,1-4H3. The molecule has 0 saturated heterocycles. The highest BCUT2D eigenvalue weighted by molar-refractivity contribution is 6.03. The van der Waals surface area contributed by atoms with Gasteiger partial charge in [-0.05, 0) is 112 Å². The largest absolute Gasteiger partial charge is 0.491 e. The number of rotatable bonds is 14. The maximum absolute atomic E-state index is 9.76. The van der Waals surface area contributed by atoms with Crippen molar-refractivity contribution >= 4 is 43.1 Å². The lowest BCUT2D eigenvalue weighted by molar-refractivity contribution is 0.200. The van der Waals surface area contributed by atoms with Crippen molar-refractivity contribution in [2.45, 2.75) is 51.4 Å². The van der Waals surface area contributed by atoms with Crippen molar-refractivity contribution in [1.82, 2.24) is 0 Å². The lowest BCUT2D eigenvalue weighted by Gasteiger charge is -2.32. The predicted molar refractivity (Wildman–Crippen MR) is 257 cm³/mol. The van der Waals surface area contributed by atoms with Crippen LogP contribution in [0.2, 0.25) is 0 Å². The monoisotopic (exact) mass is 814 g/mol. The first-order chi connectivity index (χ1) is 30.1. The van der Waals surface area contributed by atoms with Crippen molar-refractivity contribution in [3.8, 4) is 11.5 Å². The maximum atomic E-state index is 9.76. The molecule has 310 valence electrons. The quantitative estimate of drug-likeness (QED) is 0.107. The minimum absolute atomic E-state index is 0.0492. The van der Waals surface area contributed by atoms with Gasteiger partial charge in [0, 0.05) is 23.7 Å². The van der Waals surface area contributed by atoms with Crippen LogP contribution in [0.3, 0.4) is 0 Å². The van der Waals surface area contributed by atoms with Gasteiger partial charge in [-0.2, -0.15) is 0 Å². The van der Waals surface area contributed by atoms with Crippen molar-refractivity contribution < 1.29 is 19.7 Å². The average Bonchev–Trinajstić information content (AvgIpc) is 3.30. The summed E-state index contributed by atoms with van der Waals surface area (Å²) in [6.45, 7) is 9.59. The lowest BCUT2D eigenvalue weighted by atomic mass is 9.72. The van der Waals surface area contributed by atoms with Crippen LogP contribution in [0.4, 0.5) is 0 Å². The van der Waals surface area contributed by atoms with Gasteiger partial charge in [-0.15, -0.1) is 0 Å². The molecule has 0 fully saturated rings. The minimum atomic E-state index is -0.347. The topological polar surface area (TPSA) is 58.9 Å². The molecule has 4 heteroatoms. The summed E-state index contributed by atoms with van der Waals surface area (Å²) in [5, 5.41) is 29.3. The van der Waals surface area contributed by atoms with Crippen molar-refractivity contribution in [2.75, 3.05) is 26.4 Å². The Morgan fingerprint density at radius 3 is 1.06 bits per heavy atom. The molecule has 0 aliphatic rings. The van der Waals surface area contributed by atoms with Crippen LogP contribution in [0.1, 0.15) is 72.2 Å². The first kappa shape index (κ1) is 40.9. The van der Waals surface area contributed by atoms with Gasteiger partial charge >= 0.3 is 0 Å². The smallest absolute Gasteiger partial charge is 0.122 e. The zero-order valence-corrected chi connectivity index (χ0v) is 36.1. The van der Waals surface area contributed by atoms with E-state index in [1.54, 1.807) is 0 Å². The van der Waals surface area contributed by atoms with E-state index in [0.717, 1.165) is 22.6 Å². The SMILES string of the molecule is CC(C)(c1cccc(C(C)(C)c2ccc(OCCO)c(Cc3c4ccccc4cc4ccccc34)c2)c1)c1ccc(OCCO)c(Cc2c3ccccc3cc3ccccc23)c1. The van der Waals surface area contributed by atoms with E-state index in [4.69, 9.17) is 9.47 Å². The summed E-state index contributed by atoms with van der Waals surface area (Å²) in [6.07, 6.45) is 1.38. The molecule has 2 N–H and O–H groups in total. The van der Waals surface area contributed by atoms with Gasteiger partial charge in [0.05, 0.1) is 13.2 Å². The lowest BCUT2D eigenvalue weighted by Crippen LogP contribution is -2.23. The van der Waals surface area contributed by atoms with E-state index in [0.29, 0.717) is 12.8 Å². The molecule has 0 saturated carbocycles. The molecule has 0 bridgehead atoms. The molecule has 9 aromatic rings. The van der Waals surface area contributed by atoms with E-state index in [1.807, 2.05) is 0 Å². The maximum Gasteiger partial charge on any atom is 0.122 e. The van der Waals surface area contributed by atoms with Gasteiger partial charge in [0.2, 0.25) is 0 Å². The Morgan fingerprint density at radius 1 is 0.371 bits per heavy atom. The van der Waals surface area contributed by atoms with Crippen LogP contribution in [0.5, 0.6) is 11.5 Å². The third kappa shape index (κ3) is 7.81. The Kier molecular flexibility index (Phi) is 11.3. The predicted octanol–water partition coefficient (Wildman–Crippen LogP) is 12.9. The van der Waals surface area contributed by atoms with Gasteiger partial charge in [-0.1, -0.05) is 173 Å². The molecular weight excluding hydrogens is 761 g/mol. The normalized spacial score (nSPS) is 12.1. The van der Waals surface area contributed by atoms with E-state index in [2.05, 4.69) is 198 Å². The molecule has 4 nitrogen and oxygen atoms in total. The third-order valence-electron chi connectivity index (χ3n) is 13.1. The van der Waals surface area contributed by atoms with Crippen LogP contribution in [-0.4, -0.2) is 36.6 Å². The molecule has 0 aliphatic carbocycles. The molecule has 0 atom stereocenters. The molecular formula is C58H54O4. The summed E-state index contributed by atoms with van der Waals surface area (Å²) >= 11 is 0. The van der Waals surface area contributed by atoms with E-state index >= 15 is 0 Å². The Hall–Kier alpha value is -6.46. The number of hydrogen-bond acceptors (Lipinski definition) is 4. The van der Waals surface area contributed by atoms with Crippen molar-refractivity contribution in [1.29, 1.82) is 0 Å². The summed E-state index contributed by atoms with van der Waals surface area (Å²) < 4.78 is 12.4. The number of aliphatic hydroxyl groups is 2. The molecule has 0 aliphatic heterocycles. The molecule has 0 aromatic heterocycles. The Balaban J connectivity index is 1.09. The minimum Gasteiger partial charge on any atom is -0.491 e. The number of benzene rings is 9. The Bertz CT molecular complexity index is 2760. The first-order valence-corrected chi connectivity index (χ1v) is 21.8. The van der Waals surface area contributed by atoms with Crippen LogP contribution in [0, 0.1) is 0 Å². The molecule has 0 radical (unpaired) electrons. The summed E-state index contributed by atoms with van der Waals surface area (Å²) in [5.41, 5.74) is 8.86. The molecule has 9 rings (SSSR count). The van der Waals surface area contributed by atoms with Crippen LogP contribution < -0.4 is 9.47 Å². The fourth-order valence-corrected chi connectivity index (χ4v) is 9.41. The van der Waals surface area contributed by atoms with Gasteiger partial charge in [0.25, 0.3) is 0 Å². The zero-order valence-electron chi connectivity index (χ0n) is 36.1. The van der Waals surface area contributed by atoms with Gasteiger partial charge in [-0.3, -0.25) is 0 Å². The summed E-state index contributed by atoms with van der Waals surface area (Å²) in [6, 6.07) is 61.3. The van der Waals surface area contributed by atoms with Crippen molar-refractivity contribution in [3.63, 3.8) is 0 Å². The highest BCUT2D eigenvalue weighted by Gasteiger charge is 2.29. The third-order valence-corrected chi connectivity index (χ3v) is 13.1. The average molecular weight is 815 g/mol. The second-order valence-electron chi connectivity index (χ2n) is 17.6. The van der Waals surface area contributed by atoms with Gasteiger partial charge in [0.1, 0.15) is 24.7 Å². The number of hydrogen-bond donors (Lipinski definition) is 2. The van der Waals surface area contributed by atoms with Crippen LogP contribution in [-0.2, 0) is 23.7 Å². The molecule has 62 heavy (non-hydrogen) atoms.